The Morgan fingerprint density at radius 3 is 2.58 bits per heavy atom. The molecule has 4 saturated carbocycles. The van der Waals surface area contributed by atoms with E-state index in [4.69, 9.17) is 4.74 Å². The quantitative estimate of drug-likeness (QED) is 0.473. The maximum atomic E-state index is 12.7. The molecule has 0 amide bonds. The molecule has 0 aromatic rings. The van der Waals surface area contributed by atoms with Crippen LogP contribution in [0.2, 0.25) is 0 Å². The lowest BCUT2D eigenvalue weighted by atomic mass is 9.48. The van der Waals surface area contributed by atoms with Gasteiger partial charge in [-0.15, -0.1) is 0 Å². The second kappa shape index (κ2) is 8.03. The maximum Gasteiger partial charge on any atom is 0.306 e. The Morgan fingerprint density at radius 2 is 1.81 bits per heavy atom. The first-order valence-corrected chi connectivity index (χ1v) is 13.2. The zero-order valence-corrected chi connectivity index (χ0v) is 20.0. The van der Waals surface area contributed by atoms with Crippen molar-refractivity contribution >= 4 is 11.8 Å². The van der Waals surface area contributed by atoms with E-state index in [1.54, 1.807) is 0 Å². The van der Waals surface area contributed by atoms with Crippen LogP contribution in [0.25, 0.3) is 0 Å². The fourth-order valence-corrected chi connectivity index (χ4v) is 8.95. The average molecular weight is 427 g/mol. The van der Waals surface area contributed by atoms with Crippen molar-refractivity contribution in [1.29, 1.82) is 0 Å². The molecule has 5 rings (SSSR count). The predicted octanol–water partition coefficient (Wildman–Crippen LogP) is 6.65. The van der Waals surface area contributed by atoms with Gasteiger partial charge in [0.25, 0.3) is 0 Å². The summed E-state index contributed by atoms with van der Waals surface area (Å²) in [6, 6.07) is 0. The summed E-state index contributed by atoms with van der Waals surface area (Å²) in [6.07, 6.45) is 16.7. The number of esters is 1. The summed E-state index contributed by atoms with van der Waals surface area (Å²) in [6.45, 7) is 7.07. The molecular formula is C28H42O3. The summed E-state index contributed by atoms with van der Waals surface area (Å²) in [5.74, 6) is 3.83. The molecule has 0 spiro atoms. The number of rotatable bonds is 4. The van der Waals surface area contributed by atoms with Crippen LogP contribution in [0.4, 0.5) is 0 Å². The number of hydrogen-bond acceptors (Lipinski definition) is 3. The highest BCUT2D eigenvalue weighted by Crippen LogP contribution is 2.64. The summed E-state index contributed by atoms with van der Waals surface area (Å²) >= 11 is 0. The highest BCUT2D eigenvalue weighted by molar-refractivity contribution is 5.92. The Balaban J connectivity index is 1.26. The molecule has 31 heavy (non-hydrogen) atoms. The SMILES string of the molecule is CC1(C)CC(=O)C=C2CC[C@@H]3[C@H](CC[C@]4(C)[C@@H](OC(=O)CCC5CCCC5)CC[C@@H]34)[C@H]21. The third-order valence-electron chi connectivity index (χ3n) is 10.3. The van der Waals surface area contributed by atoms with Gasteiger partial charge in [-0.05, 0) is 86.0 Å². The number of allylic oxidation sites excluding steroid dienone is 1. The summed E-state index contributed by atoms with van der Waals surface area (Å²) < 4.78 is 6.19. The van der Waals surface area contributed by atoms with Gasteiger partial charge in [0, 0.05) is 18.3 Å². The monoisotopic (exact) mass is 426 g/mol. The fraction of sp³-hybridized carbons (Fsp3) is 0.857. The van der Waals surface area contributed by atoms with Crippen molar-refractivity contribution in [1.82, 2.24) is 0 Å². The van der Waals surface area contributed by atoms with E-state index in [9.17, 15) is 9.59 Å². The Hall–Kier alpha value is -1.12. The van der Waals surface area contributed by atoms with Gasteiger partial charge in [0.1, 0.15) is 6.10 Å². The number of hydrogen-bond donors (Lipinski definition) is 0. The van der Waals surface area contributed by atoms with Gasteiger partial charge < -0.3 is 4.74 Å². The Kier molecular flexibility index (Phi) is 5.62. The van der Waals surface area contributed by atoms with Crippen LogP contribution in [-0.4, -0.2) is 17.9 Å². The molecule has 5 aliphatic carbocycles. The Morgan fingerprint density at radius 1 is 1.03 bits per heavy atom. The van der Waals surface area contributed by atoms with Crippen LogP contribution in [0.1, 0.15) is 104 Å². The maximum absolute atomic E-state index is 12.7. The summed E-state index contributed by atoms with van der Waals surface area (Å²) in [5.41, 5.74) is 1.68. The third kappa shape index (κ3) is 3.82. The molecule has 0 radical (unpaired) electrons. The topological polar surface area (TPSA) is 43.4 Å². The van der Waals surface area contributed by atoms with Crippen molar-refractivity contribution in [3.63, 3.8) is 0 Å². The molecule has 0 heterocycles. The molecule has 172 valence electrons. The molecule has 0 aromatic heterocycles. The first-order valence-electron chi connectivity index (χ1n) is 13.2. The van der Waals surface area contributed by atoms with Gasteiger partial charge in [-0.1, -0.05) is 52.0 Å². The molecule has 0 aromatic carbocycles. The van der Waals surface area contributed by atoms with Crippen LogP contribution >= 0.6 is 0 Å². The first-order chi connectivity index (χ1) is 14.8. The second-order valence-electron chi connectivity index (χ2n) is 12.6. The number of fused-ring (bicyclic) bond motifs is 5. The normalized spacial score (nSPS) is 41.8. The molecular weight excluding hydrogens is 384 g/mol. The lowest BCUT2D eigenvalue weighted by Gasteiger charge is -2.56. The zero-order valence-electron chi connectivity index (χ0n) is 20.0. The van der Waals surface area contributed by atoms with Crippen LogP contribution < -0.4 is 0 Å². The molecule has 6 atom stereocenters. The highest BCUT2D eigenvalue weighted by atomic mass is 16.5. The molecule has 4 fully saturated rings. The average Bonchev–Trinajstić information content (AvgIpc) is 3.33. The van der Waals surface area contributed by atoms with E-state index < -0.39 is 0 Å². The van der Waals surface area contributed by atoms with Gasteiger partial charge in [0.05, 0.1) is 0 Å². The van der Waals surface area contributed by atoms with Crippen molar-refractivity contribution in [3.8, 4) is 0 Å². The van der Waals surface area contributed by atoms with Crippen molar-refractivity contribution in [2.45, 2.75) is 110 Å². The standard InChI is InChI=1S/C28H42O3/c1-27(2)17-20(29)16-19-9-10-21-22(26(19)27)14-15-28(3)23(21)11-12-24(28)31-25(30)13-8-18-6-4-5-7-18/h16,18,21-24,26H,4-15,17H2,1-3H3/t21-,22+,23+,24+,26+,28+/m1/s1. The van der Waals surface area contributed by atoms with Crippen LogP contribution in [0.5, 0.6) is 0 Å². The molecule has 5 aliphatic rings. The number of carbonyl (C=O) groups is 2. The van der Waals surface area contributed by atoms with Gasteiger partial charge in [0.2, 0.25) is 0 Å². The van der Waals surface area contributed by atoms with E-state index in [0.29, 0.717) is 36.4 Å². The number of ether oxygens (including phenoxy) is 1. The molecule has 0 N–H and O–H groups in total. The van der Waals surface area contributed by atoms with E-state index in [0.717, 1.165) is 31.1 Å². The molecule has 3 nitrogen and oxygen atoms in total. The summed E-state index contributed by atoms with van der Waals surface area (Å²) in [4.78, 5) is 25.0. The molecule has 0 unspecified atom stereocenters. The van der Waals surface area contributed by atoms with E-state index in [1.807, 2.05) is 6.08 Å². The van der Waals surface area contributed by atoms with E-state index in [-0.39, 0.29) is 22.9 Å². The minimum absolute atomic E-state index is 0.0571. The van der Waals surface area contributed by atoms with Crippen LogP contribution in [0.15, 0.2) is 11.6 Å². The van der Waals surface area contributed by atoms with Gasteiger partial charge in [0.15, 0.2) is 5.78 Å². The Bertz CT molecular complexity index is 758. The van der Waals surface area contributed by atoms with E-state index in [2.05, 4.69) is 20.8 Å². The first kappa shape index (κ1) is 21.7. The van der Waals surface area contributed by atoms with Crippen molar-refractivity contribution in [3.05, 3.63) is 11.6 Å². The smallest absolute Gasteiger partial charge is 0.306 e. The largest absolute Gasteiger partial charge is 0.462 e. The minimum Gasteiger partial charge on any atom is -0.462 e. The van der Waals surface area contributed by atoms with Crippen LogP contribution in [0.3, 0.4) is 0 Å². The van der Waals surface area contributed by atoms with Gasteiger partial charge in [-0.2, -0.15) is 0 Å². The minimum atomic E-state index is 0.0571. The van der Waals surface area contributed by atoms with Crippen molar-refractivity contribution in [2.75, 3.05) is 0 Å². The van der Waals surface area contributed by atoms with Crippen LogP contribution in [0, 0.1) is 40.4 Å². The van der Waals surface area contributed by atoms with E-state index in [1.165, 1.54) is 56.9 Å². The van der Waals surface area contributed by atoms with Crippen LogP contribution in [-0.2, 0) is 14.3 Å². The second-order valence-corrected chi connectivity index (χ2v) is 12.6. The lowest BCUT2D eigenvalue weighted by Crippen LogP contribution is -2.51. The third-order valence-corrected chi connectivity index (χ3v) is 10.3. The number of ketones is 1. The molecule has 0 bridgehead atoms. The zero-order chi connectivity index (χ0) is 21.8. The number of carbonyl (C=O) groups excluding carboxylic acids is 2. The van der Waals surface area contributed by atoms with Gasteiger partial charge in [-0.25, -0.2) is 0 Å². The predicted molar refractivity (Wildman–Crippen MR) is 122 cm³/mol. The molecule has 0 aliphatic heterocycles. The van der Waals surface area contributed by atoms with Crippen molar-refractivity contribution in [2.24, 2.45) is 40.4 Å². The lowest BCUT2D eigenvalue weighted by molar-refractivity contribution is -0.159. The molecule has 0 saturated heterocycles. The summed E-state index contributed by atoms with van der Waals surface area (Å²) in [5, 5.41) is 0. The van der Waals surface area contributed by atoms with Gasteiger partial charge >= 0.3 is 5.97 Å². The Labute approximate surface area is 188 Å². The van der Waals surface area contributed by atoms with E-state index >= 15 is 0 Å². The summed E-state index contributed by atoms with van der Waals surface area (Å²) in [7, 11) is 0. The van der Waals surface area contributed by atoms with Gasteiger partial charge in [-0.3, -0.25) is 9.59 Å². The van der Waals surface area contributed by atoms with Crippen molar-refractivity contribution < 1.29 is 14.3 Å². The highest BCUT2D eigenvalue weighted by Gasteiger charge is 2.59. The fourth-order valence-electron chi connectivity index (χ4n) is 8.95. The molecule has 3 heteroatoms.